The first-order chi connectivity index (χ1) is 18.3. The minimum absolute atomic E-state index is 0.144. The third-order valence-electron chi connectivity index (χ3n) is 6.42. The predicted octanol–water partition coefficient (Wildman–Crippen LogP) is 3.87. The fourth-order valence-corrected chi connectivity index (χ4v) is 4.25. The molecule has 0 saturated carbocycles. The number of pyridine rings is 1. The molecule has 1 saturated heterocycles. The Morgan fingerprint density at radius 3 is 2.76 bits per heavy atom. The maximum absolute atomic E-state index is 15.0. The van der Waals surface area contributed by atoms with Crippen molar-refractivity contribution in [2.24, 2.45) is 0 Å². The second-order valence-electron chi connectivity index (χ2n) is 9.45. The van der Waals surface area contributed by atoms with Gasteiger partial charge in [0.15, 0.2) is 12.0 Å². The molecule has 38 heavy (non-hydrogen) atoms. The molecule has 2 atom stereocenters. The van der Waals surface area contributed by atoms with E-state index in [0.717, 1.165) is 32.2 Å². The zero-order valence-electron chi connectivity index (χ0n) is 22.6. The number of rotatable bonds is 13. The number of nitrogen functional groups attached to an aromatic ring is 1. The normalized spacial score (nSPS) is 17.4. The summed E-state index contributed by atoms with van der Waals surface area (Å²) in [5.74, 6) is 0.799. The summed E-state index contributed by atoms with van der Waals surface area (Å²) in [6, 6.07) is 1.49. The lowest BCUT2D eigenvalue weighted by Crippen LogP contribution is -2.48. The average Bonchev–Trinajstić information content (AvgIpc) is 2.92. The van der Waals surface area contributed by atoms with Crippen molar-refractivity contribution in [3.8, 4) is 0 Å². The smallest absolute Gasteiger partial charge is 0.237 e. The highest BCUT2D eigenvalue weighted by Gasteiger charge is 2.26. The number of nitrogens with zero attached hydrogens (tertiary/aromatic N) is 4. The number of nitrogens with one attached hydrogen (secondary N) is 1. The fraction of sp³-hybridized carbons (Fsp3) is 0.500. The average molecular weight is 527 g/mol. The highest BCUT2D eigenvalue weighted by Crippen LogP contribution is 2.30. The largest absolute Gasteiger partial charge is 0.489 e. The van der Waals surface area contributed by atoms with Crippen molar-refractivity contribution in [1.82, 2.24) is 25.2 Å². The number of allylic oxidation sites excluding steroid dienone is 1. The summed E-state index contributed by atoms with van der Waals surface area (Å²) >= 11 is 0. The van der Waals surface area contributed by atoms with Crippen LogP contribution in [0, 0.1) is 0 Å². The SMILES string of the molecule is C=Cc1ncc(N)cc1/C(OCC(F)CNC(=O)C1CCCCN1C)=C(\C)c1cnc(COCCC)nc1. The number of carbonyl (C=O) groups excluding carboxylic acids is 1. The van der Waals surface area contributed by atoms with E-state index in [2.05, 4.69) is 26.8 Å². The second-order valence-corrected chi connectivity index (χ2v) is 9.45. The Hall–Kier alpha value is -3.37. The highest BCUT2D eigenvalue weighted by atomic mass is 19.1. The van der Waals surface area contributed by atoms with E-state index in [4.69, 9.17) is 15.2 Å². The van der Waals surface area contributed by atoms with Crippen LogP contribution in [0.1, 0.15) is 62.2 Å². The molecule has 10 heteroatoms. The molecule has 2 aromatic rings. The van der Waals surface area contributed by atoms with Gasteiger partial charge in [0.2, 0.25) is 5.91 Å². The lowest BCUT2D eigenvalue weighted by atomic mass is 10.0. The molecule has 3 N–H and O–H groups in total. The fourth-order valence-electron chi connectivity index (χ4n) is 4.25. The van der Waals surface area contributed by atoms with E-state index in [0.29, 0.717) is 52.9 Å². The van der Waals surface area contributed by atoms with E-state index in [1.165, 1.54) is 6.20 Å². The Balaban J connectivity index is 1.76. The van der Waals surface area contributed by atoms with Gasteiger partial charge in [-0.3, -0.25) is 14.7 Å². The number of likely N-dealkylation sites (tertiary alicyclic amines) is 1. The summed E-state index contributed by atoms with van der Waals surface area (Å²) in [6.45, 7) is 9.11. The molecule has 1 fully saturated rings. The zero-order chi connectivity index (χ0) is 27.5. The topological polar surface area (TPSA) is 115 Å². The molecule has 3 rings (SSSR count). The van der Waals surface area contributed by atoms with Crippen LogP contribution in [0.2, 0.25) is 0 Å². The van der Waals surface area contributed by atoms with Gasteiger partial charge < -0.3 is 20.5 Å². The standard InChI is InChI=1S/C28H39FN6O3/c1-5-11-37-18-26-32-13-20(14-33-26)19(3)27(23-12-22(30)16-31-24(23)6-2)38-17-21(29)15-34-28(36)25-9-7-8-10-35(25)4/h6,12-14,16,21,25H,2,5,7-11,15,17-18,30H2,1,3-4H3,(H,34,36)/b27-19-. The zero-order valence-corrected chi connectivity index (χ0v) is 22.6. The molecular weight excluding hydrogens is 487 g/mol. The molecule has 0 aliphatic carbocycles. The molecule has 1 aliphatic rings. The van der Waals surface area contributed by atoms with Crippen molar-refractivity contribution in [2.75, 3.05) is 39.1 Å². The Morgan fingerprint density at radius 2 is 2.08 bits per heavy atom. The summed E-state index contributed by atoms with van der Waals surface area (Å²) in [5.41, 5.74) is 8.95. The number of anilines is 1. The van der Waals surface area contributed by atoms with E-state index >= 15 is 0 Å². The van der Waals surface area contributed by atoms with Crippen molar-refractivity contribution in [1.29, 1.82) is 0 Å². The first kappa shape index (κ1) is 29.2. The molecule has 2 aromatic heterocycles. The van der Waals surface area contributed by atoms with Crippen LogP contribution in [-0.4, -0.2) is 71.3 Å². The van der Waals surface area contributed by atoms with Crippen molar-refractivity contribution >= 4 is 29.0 Å². The Kier molecular flexibility index (Phi) is 11.2. The van der Waals surface area contributed by atoms with Gasteiger partial charge in [0.05, 0.1) is 30.2 Å². The molecule has 1 aliphatic heterocycles. The van der Waals surface area contributed by atoms with Gasteiger partial charge in [0, 0.05) is 35.7 Å². The number of hydrogen-bond donors (Lipinski definition) is 2. The number of alkyl halides is 1. The van der Waals surface area contributed by atoms with Gasteiger partial charge in [0.1, 0.15) is 19.0 Å². The monoisotopic (exact) mass is 526 g/mol. The number of aromatic nitrogens is 3. The second kappa shape index (κ2) is 14.5. The Labute approximate surface area is 224 Å². The number of likely N-dealkylation sites (N-methyl/N-ethyl adjacent to an activating group) is 1. The van der Waals surface area contributed by atoms with Gasteiger partial charge in [0.25, 0.3) is 0 Å². The van der Waals surface area contributed by atoms with Crippen LogP contribution in [0.4, 0.5) is 10.1 Å². The predicted molar refractivity (Wildman–Crippen MR) is 147 cm³/mol. The maximum atomic E-state index is 15.0. The summed E-state index contributed by atoms with van der Waals surface area (Å²) in [4.78, 5) is 27.7. The first-order valence-electron chi connectivity index (χ1n) is 13.1. The third-order valence-corrected chi connectivity index (χ3v) is 6.42. The van der Waals surface area contributed by atoms with Crippen LogP contribution in [0.3, 0.4) is 0 Å². The van der Waals surface area contributed by atoms with E-state index in [1.54, 1.807) is 24.5 Å². The van der Waals surface area contributed by atoms with Crippen LogP contribution >= 0.6 is 0 Å². The lowest BCUT2D eigenvalue weighted by molar-refractivity contribution is -0.127. The van der Waals surface area contributed by atoms with Crippen LogP contribution < -0.4 is 11.1 Å². The van der Waals surface area contributed by atoms with Gasteiger partial charge in [-0.05, 0) is 51.9 Å². The first-order valence-corrected chi connectivity index (χ1v) is 13.1. The molecule has 0 spiro atoms. The van der Waals surface area contributed by atoms with E-state index in [-0.39, 0.29) is 25.1 Å². The van der Waals surface area contributed by atoms with Crippen molar-refractivity contribution in [3.05, 3.63) is 53.9 Å². The molecule has 1 amide bonds. The molecule has 2 unspecified atom stereocenters. The molecule has 0 bridgehead atoms. The lowest BCUT2D eigenvalue weighted by Gasteiger charge is -2.31. The number of nitrogens with two attached hydrogens (primary N) is 1. The van der Waals surface area contributed by atoms with Crippen molar-refractivity contribution in [2.45, 2.75) is 58.4 Å². The molecule has 3 heterocycles. The van der Waals surface area contributed by atoms with Crippen molar-refractivity contribution in [3.63, 3.8) is 0 Å². The molecule has 206 valence electrons. The quantitative estimate of drug-likeness (QED) is 0.299. The van der Waals surface area contributed by atoms with E-state index in [1.807, 2.05) is 25.8 Å². The molecule has 9 nitrogen and oxygen atoms in total. The number of halogens is 1. The van der Waals surface area contributed by atoms with Gasteiger partial charge in [-0.2, -0.15) is 0 Å². The van der Waals surface area contributed by atoms with Gasteiger partial charge >= 0.3 is 0 Å². The summed E-state index contributed by atoms with van der Waals surface area (Å²) < 4.78 is 26.5. The molecule has 0 aromatic carbocycles. The van der Waals surface area contributed by atoms with E-state index < -0.39 is 6.17 Å². The number of amides is 1. The molecule has 0 radical (unpaired) electrons. The van der Waals surface area contributed by atoms with Crippen LogP contribution in [-0.2, 0) is 20.9 Å². The van der Waals surface area contributed by atoms with Crippen LogP contribution in [0.25, 0.3) is 17.4 Å². The van der Waals surface area contributed by atoms with Crippen LogP contribution in [0.5, 0.6) is 0 Å². The van der Waals surface area contributed by atoms with Gasteiger partial charge in [-0.15, -0.1) is 0 Å². The summed E-state index contributed by atoms with van der Waals surface area (Å²) in [7, 11) is 1.92. The van der Waals surface area contributed by atoms with Crippen LogP contribution in [0.15, 0.2) is 31.2 Å². The van der Waals surface area contributed by atoms with Crippen molar-refractivity contribution < 1.29 is 18.7 Å². The molecular formula is C28H39FN6O3. The summed E-state index contributed by atoms with van der Waals surface area (Å²) in [5, 5.41) is 2.73. The number of piperidine rings is 1. The minimum Gasteiger partial charge on any atom is -0.489 e. The highest BCUT2D eigenvalue weighted by molar-refractivity contribution is 5.89. The number of carbonyl (C=O) groups is 1. The number of ether oxygens (including phenoxy) is 2. The Bertz CT molecular complexity index is 1110. The maximum Gasteiger partial charge on any atom is 0.237 e. The van der Waals surface area contributed by atoms with Gasteiger partial charge in [-0.1, -0.05) is 19.9 Å². The Morgan fingerprint density at radius 1 is 1.32 bits per heavy atom. The van der Waals surface area contributed by atoms with E-state index in [9.17, 15) is 9.18 Å². The third kappa shape index (κ3) is 8.06. The summed E-state index contributed by atoms with van der Waals surface area (Å²) in [6.07, 6.45) is 8.80. The van der Waals surface area contributed by atoms with Gasteiger partial charge in [-0.25, -0.2) is 14.4 Å². The minimum atomic E-state index is -1.42. The number of hydrogen-bond acceptors (Lipinski definition) is 8.